The third-order valence-electron chi connectivity index (χ3n) is 5.40. The Hall–Kier alpha value is -1.46. The summed E-state index contributed by atoms with van der Waals surface area (Å²) in [5.41, 5.74) is 0.753. The van der Waals surface area contributed by atoms with Gasteiger partial charge in [-0.25, -0.2) is 4.39 Å². The second-order valence-electron chi connectivity index (χ2n) is 7.89. The van der Waals surface area contributed by atoms with Crippen LogP contribution in [0.2, 0.25) is 0 Å². The van der Waals surface area contributed by atoms with E-state index < -0.39 is 0 Å². The number of piperidine rings is 1. The monoisotopic (exact) mass is 347 g/mol. The van der Waals surface area contributed by atoms with Gasteiger partial charge in [0.1, 0.15) is 5.82 Å². The van der Waals surface area contributed by atoms with Crippen molar-refractivity contribution in [2.75, 3.05) is 45.8 Å². The van der Waals surface area contributed by atoms with Gasteiger partial charge in [0.15, 0.2) is 0 Å². The summed E-state index contributed by atoms with van der Waals surface area (Å²) in [6.07, 6.45) is 1.22. The van der Waals surface area contributed by atoms with Gasteiger partial charge in [-0.15, -0.1) is 0 Å². The van der Waals surface area contributed by atoms with Gasteiger partial charge in [-0.05, 0) is 24.3 Å². The van der Waals surface area contributed by atoms with Crippen molar-refractivity contribution in [2.24, 2.45) is 11.8 Å². The van der Waals surface area contributed by atoms with Crippen LogP contribution in [-0.4, -0.2) is 66.4 Å². The molecule has 1 amide bonds. The fourth-order valence-electron chi connectivity index (χ4n) is 4.13. The van der Waals surface area contributed by atoms with Crippen molar-refractivity contribution in [1.82, 2.24) is 14.7 Å². The fraction of sp³-hybridized carbons (Fsp3) is 0.650. The number of halogens is 1. The average molecular weight is 347 g/mol. The SMILES string of the molecule is CC1CC(C)CN(C(=O)CN2CCN(Cc3ccccc3F)CC2)C1. The van der Waals surface area contributed by atoms with E-state index in [-0.39, 0.29) is 11.7 Å². The Kier molecular flexibility index (Phi) is 6.07. The minimum absolute atomic E-state index is 0.131. The number of amides is 1. The number of nitrogens with zero attached hydrogens (tertiary/aromatic N) is 3. The second-order valence-corrected chi connectivity index (χ2v) is 7.89. The number of carbonyl (C=O) groups is 1. The van der Waals surface area contributed by atoms with Gasteiger partial charge in [0, 0.05) is 51.4 Å². The minimum atomic E-state index is -0.131. The molecule has 1 aromatic rings. The van der Waals surface area contributed by atoms with Crippen LogP contribution >= 0.6 is 0 Å². The third kappa shape index (κ3) is 5.02. The van der Waals surface area contributed by atoms with Crippen LogP contribution in [0.15, 0.2) is 24.3 Å². The van der Waals surface area contributed by atoms with E-state index in [2.05, 4.69) is 23.6 Å². The highest BCUT2D eigenvalue weighted by atomic mass is 19.1. The molecule has 0 aliphatic carbocycles. The Morgan fingerprint density at radius 2 is 1.64 bits per heavy atom. The number of rotatable bonds is 4. The molecule has 1 aromatic carbocycles. The van der Waals surface area contributed by atoms with Crippen molar-refractivity contribution in [3.8, 4) is 0 Å². The predicted molar refractivity (Wildman–Crippen MR) is 97.6 cm³/mol. The third-order valence-corrected chi connectivity index (χ3v) is 5.40. The van der Waals surface area contributed by atoms with E-state index in [4.69, 9.17) is 0 Å². The first-order chi connectivity index (χ1) is 12.0. The van der Waals surface area contributed by atoms with E-state index in [9.17, 15) is 9.18 Å². The molecule has 0 bridgehead atoms. The highest BCUT2D eigenvalue weighted by Crippen LogP contribution is 2.21. The van der Waals surface area contributed by atoms with Gasteiger partial charge in [-0.1, -0.05) is 32.0 Å². The van der Waals surface area contributed by atoms with Crippen molar-refractivity contribution in [3.05, 3.63) is 35.6 Å². The van der Waals surface area contributed by atoms with Gasteiger partial charge in [0.25, 0.3) is 0 Å². The van der Waals surface area contributed by atoms with Crippen LogP contribution in [0.3, 0.4) is 0 Å². The summed E-state index contributed by atoms with van der Waals surface area (Å²) >= 11 is 0. The van der Waals surface area contributed by atoms with Crippen LogP contribution < -0.4 is 0 Å². The molecule has 3 rings (SSSR count). The van der Waals surface area contributed by atoms with Crippen LogP contribution in [0.25, 0.3) is 0 Å². The maximum absolute atomic E-state index is 13.8. The number of benzene rings is 1. The van der Waals surface area contributed by atoms with Gasteiger partial charge in [0.05, 0.1) is 6.54 Å². The van der Waals surface area contributed by atoms with Crippen LogP contribution in [0, 0.1) is 17.7 Å². The Labute approximate surface area is 150 Å². The molecule has 2 aliphatic rings. The standard InChI is InChI=1S/C20H30FN3O/c1-16-11-17(2)13-24(12-16)20(25)15-23-9-7-22(8-10-23)14-18-5-3-4-6-19(18)21/h3-6,16-17H,7-15H2,1-2H3. The average Bonchev–Trinajstić information content (AvgIpc) is 2.58. The van der Waals surface area contributed by atoms with Crippen LogP contribution in [0.4, 0.5) is 4.39 Å². The second kappa shape index (κ2) is 8.28. The molecular weight excluding hydrogens is 317 g/mol. The summed E-state index contributed by atoms with van der Waals surface area (Å²) in [4.78, 5) is 19.2. The van der Waals surface area contributed by atoms with Gasteiger partial charge in [-0.2, -0.15) is 0 Å². The lowest BCUT2D eigenvalue weighted by atomic mass is 9.92. The van der Waals surface area contributed by atoms with Crippen molar-refractivity contribution in [1.29, 1.82) is 0 Å². The van der Waals surface area contributed by atoms with Crippen molar-refractivity contribution < 1.29 is 9.18 Å². The molecule has 2 unspecified atom stereocenters. The normalized spacial score (nSPS) is 26.0. The number of hydrogen-bond donors (Lipinski definition) is 0. The summed E-state index contributed by atoms with van der Waals surface area (Å²) < 4.78 is 13.8. The lowest BCUT2D eigenvalue weighted by Crippen LogP contribution is -2.51. The van der Waals surface area contributed by atoms with Gasteiger partial charge >= 0.3 is 0 Å². The Morgan fingerprint density at radius 3 is 2.28 bits per heavy atom. The lowest BCUT2D eigenvalue weighted by molar-refractivity contribution is -0.135. The number of likely N-dealkylation sites (tertiary alicyclic amines) is 1. The van der Waals surface area contributed by atoms with E-state index in [0.29, 0.717) is 24.9 Å². The summed E-state index contributed by atoms with van der Waals surface area (Å²) in [5.74, 6) is 1.34. The molecule has 2 fully saturated rings. The smallest absolute Gasteiger partial charge is 0.236 e. The molecule has 5 heteroatoms. The molecule has 2 saturated heterocycles. The molecule has 0 aromatic heterocycles. The molecule has 0 saturated carbocycles. The van der Waals surface area contributed by atoms with Crippen molar-refractivity contribution in [2.45, 2.75) is 26.8 Å². The topological polar surface area (TPSA) is 26.8 Å². The maximum atomic E-state index is 13.8. The van der Waals surface area contributed by atoms with E-state index in [1.807, 2.05) is 17.0 Å². The lowest BCUT2D eigenvalue weighted by Gasteiger charge is -2.38. The van der Waals surface area contributed by atoms with Crippen LogP contribution in [0.5, 0.6) is 0 Å². The molecule has 0 spiro atoms. The molecule has 4 nitrogen and oxygen atoms in total. The largest absolute Gasteiger partial charge is 0.341 e. The Balaban J connectivity index is 1.44. The quantitative estimate of drug-likeness (QED) is 0.837. The number of carbonyl (C=O) groups excluding carboxylic acids is 1. The molecule has 25 heavy (non-hydrogen) atoms. The van der Waals surface area contributed by atoms with Crippen LogP contribution in [-0.2, 0) is 11.3 Å². The summed E-state index contributed by atoms with van der Waals surface area (Å²) in [5, 5.41) is 0. The van der Waals surface area contributed by atoms with E-state index in [1.54, 1.807) is 6.07 Å². The zero-order valence-electron chi connectivity index (χ0n) is 15.5. The van der Waals surface area contributed by atoms with Crippen molar-refractivity contribution in [3.63, 3.8) is 0 Å². The highest BCUT2D eigenvalue weighted by molar-refractivity contribution is 5.78. The summed E-state index contributed by atoms with van der Waals surface area (Å²) in [7, 11) is 0. The first-order valence-electron chi connectivity index (χ1n) is 9.47. The zero-order chi connectivity index (χ0) is 17.8. The van der Waals surface area contributed by atoms with E-state index >= 15 is 0 Å². The first kappa shape index (κ1) is 18.3. The number of hydrogen-bond acceptors (Lipinski definition) is 3. The molecule has 0 radical (unpaired) electrons. The summed E-state index contributed by atoms with van der Waals surface area (Å²) in [6, 6.07) is 6.98. The molecule has 2 aliphatic heterocycles. The van der Waals surface area contributed by atoms with Gasteiger partial charge < -0.3 is 4.90 Å². The van der Waals surface area contributed by atoms with E-state index in [1.165, 1.54) is 12.5 Å². The van der Waals surface area contributed by atoms with Crippen molar-refractivity contribution >= 4 is 5.91 Å². The highest BCUT2D eigenvalue weighted by Gasteiger charge is 2.27. The zero-order valence-corrected chi connectivity index (χ0v) is 15.5. The summed E-state index contributed by atoms with van der Waals surface area (Å²) in [6.45, 7) is 10.9. The first-order valence-corrected chi connectivity index (χ1v) is 9.47. The molecule has 2 atom stereocenters. The van der Waals surface area contributed by atoms with Gasteiger partial charge in [-0.3, -0.25) is 14.6 Å². The Morgan fingerprint density at radius 1 is 1.04 bits per heavy atom. The minimum Gasteiger partial charge on any atom is -0.341 e. The van der Waals surface area contributed by atoms with Crippen LogP contribution in [0.1, 0.15) is 25.8 Å². The molecule has 0 N–H and O–H groups in total. The fourth-order valence-corrected chi connectivity index (χ4v) is 4.13. The predicted octanol–water partition coefficient (Wildman–Crippen LogP) is 2.45. The maximum Gasteiger partial charge on any atom is 0.236 e. The molecular formula is C20H30FN3O. The number of piperazine rings is 1. The van der Waals surface area contributed by atoms with Gasteiger partial charge in [0.2, 0.25) is 5.91 Å². The molecule has 2 heterocycles. The Bertz CT molecular complexity index is 576. The van der Waals surface area contributed by atoms with E-state index in [0.717, 1.165) is 44.8 Å². The molecule has 138 valence electrons.